The molecule has 1 aliphatic rings. The van der Waals surface area contributed by atoms with E-state index < -0.39 is 23.6 Å². The van der Waals surface area contributed by atoms with Crippen LogP contribution in [0.2, 0.25) is 0 Å². The number of carbonyl (C=O) groups is 2. The average Bonchev–Trinajstić information content (AvgIpc) is 2.44. The summed E-state index contributed by atoms with van der Waals surface area (Å²) >= 11 is 0. The molecule has 1 amide bonds. The molecule has 0 spiro atoms. The molecule has 1 aromatic rings. The molecule has 1 aliphatic heterocycles. The Bertz CT molecular complexity index is 585. The van der Waals surface area contributed by atoms with Gasteiger partial charge in [0, 0.05) is 5.69 Å². The van der Waals surface area contributed by atoms with Gasteiger partial charge >= 0.3 is 18.1 Å². The van der Waals surface area contributed by atoms with E-state index in [4.69, 9.17) is 0 Å². The number of methoxy groups -OCH3 is 1. The molecule has 1 atom stereocenters. The van der Waals surface area contributed by atoms with Gasteiger partial charge < -0.3 is 4.74 Å². The SMILES string of the molecule is COC(=O)C1(C)CCc2ccccc2N1C(=O)C(F)(F)F. The number of para-hydroxylation sites is 1. The van der Waals surface area contributed by atoms with E-state index in [9.17, 15) is 22.8 Å². The van der Waals surface area contributed by atoms with E-state index in [1.807, 2.05) is 0 Å². The molecule has 1 heterocycles. The molecular formula is C14H14F3NO3. The minimum Gasteiger partial charge on any atom is -0.467 e. The number of ether oxygens (including phenoxy) is 1. The van der Waals surface area contributed by atoms with Crippen molar-refractivity contribution in [2.75, 3.05) is 12.0 Å². The average molecular weight is 301 g/mol. The highest BCUT2D eigenvalue weighted by Gasteiger charge is 2.54. The first kappa shape index (κ1) is 15.3. The van der Waals surface area contributed by atoms with Crippen molar-refractivity contribution in [2.45, 2.75) is 31.5 Å². The van der Waals surface area contributed by atoms with Crippen LogP contribution in [-0.2, 0) is 20.7 Å². The third-order valence-electron chi connectivity index (χ3n) is 3.68. The van der Waals surface area contributed by atoms with Crippen LogP contribution in [-0.4, -0.2) is 30.7 Å². The molecule has 0 saturated carbocycles. The minimum atomic E-state index is -5.07. The zero-order valence-corrected chi connectivity index (χ0v) is 11.5. The summed E-state index contributed by atoms with van der Waals surface area (Å²) in [7, 11) is 1.09. The van der Waals surface area contributed by atoms with E-state index in [-0.39, 0.29) is 12.1 Å². The largest absolute Gasteiger partial charge is 0.471 e. The Morgan fingerprint density at radius 1 is 1.29 bits per heavy atom. The number of benzene rings is 1. The maximum Gasteiger partial charge on any atom is 0.471 e. The molecule has 4 nitrogen and oxygen atoms in total. The summed E-state index contributed by atoms with van der Waals surface area (Å²) in [5, 5.41) is 0. The number of anilines is 1. The van der Waals surface area contributed by atoms with Gasteiger partial charge in [-0.05, 0) is 31.4 Å². The molecule has 0 saturated heterocycles. The summed E-state index contributed by atoms with van der Waals surface area (Å²) in [5.74, 6) is -2.93. The number of carbonyl (C=O) groups excluding carboxylic acids is 2. The topological polar surface area (TPSA) is 46.6 Å². The van der Waals surface area contributed by atoms with E-state index in [2.05, 4.69) is 4.74 Å². The number of hydrogen-bond acceptors (Lipinski definition) is 3. The van der Waals surface area contributed by atoms with Gasteiger partial charge in [-0.15, -0.1) is 0 Å². The first-order valence-electron chi connectivity index (χ1n) is 6.29. The molecular weight excluding hydrogens is 287 g/mol. The van der Waals surface area contributed by atoms with E-state index in [1.54, 1.807) is 12.1 Å². The fourth-order valence-corrected chi connectivity index (χ4v) is 2.57. The Balaban J connectivity index is 2.60. The predicted molar refractivity (Wildman–Crippen MR) is 68.7 cm³/mol. The molecule has 7 heteroatoms. The van der Waals surface area contributed by atoms with Crippen LogP contribution >= 0.6 is 0 Å². The van der Waals surface area contributed by atoms with Crippen molar-refractivity contribution in [1.82, 2.24) is 0 Å². The second kappa shape index (κ2) is 5.05. The van der Waals surface area contributed by atoms with E-state index in [0.717, 1.165) is 7.11 Å². The number of nitrogens with zero attached hydrogens (tertiary/aromatic N) is 1. The van der Waals surface area contributed by atoms with E-state index in [0.29, 0.717) is 16.9 Å². The van der Waals surface area contributed by atoms with Crippen LogP contribution < -0.4 is 4.90 Å². The quantitative estimate of drug-likeness (QED) is 0.749. The fourth-order valence-electron chi connectivity index (χ4n) is 2.57. The number of alkyl halides is 3. The zero-order chi connectivity index (χ0) is 15.8. The fraction of sp³-hybridized carbons (Fsp3) is 0.429. The van der Waals surface area contributed by atoms with Crippen LogP contribution in [0.25, 0.3) is 0 Å². The smallest absolute Gasteiger partial charge is 0.467 e. The Morgan fingerprint density at radius 3 is 2.48 bits per heavy atom. The highest BCUT2D eigenvalue weighted by molar-refractivity contribution is 6.05. The van der Waals surface area contributed by atoms with Crippen molar-refractivity contribution in [3.05, 3.63) is 29.8 Å². The number of fused-ring (bicyclic) bond motifs is 1. The highest BCUT2D eigenvalue weighted by Crippen LogP contribution is 2.40. The van der Waals surface area contributed by atoms with Gasteiger partial charge in [-0.1, -0.05) is 18.2 Å². The number of amides is 1. The summed E-state index contributed by atoms with van der Waals surface area (Å²) in [6.07, 6.45) is -4.61. The maximum absolute atomic E-state index is 12.9. The third-order valence-corrected chi connectivity index (χ3v) is 3.68. The summed E-state index contributed by atoms with van der Waals surface area (Å²) in [5.41, 5.74) is -0.981. The maximum atomic E-state index is 12.9. The van der Waals surface area contributed by atoms with Gasteiger partial charge in [0.15, 0.2) is 0 Å². The molecule has 1 aromatic carbocycles. The Hall–Kier alpha value is -2.05. The van der Waals surface area contributed by atoms with Gasteiger partial charge in [0.25, 0.3) is 0 Å². The van der Waals surface area contributed by atoms with Crippen LogP contribution in [0, 0.1) is 0 Å². The molecule has 2 rings (SSSR count). The molecule has 114 valence electrons. The van der Waals surface area contributed by atoms with Gasteiger partial charge in [-0.3, -0.25) is 9.69 Å². The first-order chi connectivity index (χ1) is 9.71. The van der Waals surface area contributed by atoms with Gasteiger partial charge in [0.05, 0.1) is 7.11 Å². The summed E-state index contributed by atoms with van der Waals surface area (Å²) in [6, 6.07) is 6.25. The van der Waals surface area contributed by atoms with Gasteiger partial charge in [0.2, 0.25) is 0 Å². The summed E-state index contributed by atoms with van der Waals surface area (Å²) in [6.45, 7) is 1.29. The zero-order valence-electron chi connectivity index (χ0n) is 11.5. The standard InChI is InChI=1S/C14H14F3NO3/c1-13(12(20)21-2)8-7-9-5-3-4-6-10(9)18(13)11(19)14(15,16)17/h3-6H,7-8H2,1-2H3. The molecule has 0 bridgehead atoms. The molecule has 0 aromatic heterocycles. The first-order valence-corrected chi connectivity index (χ1v) is 6.29. The highest BCUT2D eigenvalue weighted by atomic mass is 19.4. The third kappa shape index (κ3) is 2.48. The second-order valence-electron chi connectivity index (χ2n) is 5.03. The lowest BCUT2D eigenvalue weighted by molar-refractivity contribution is -0.173. The van der Waals surface area contributed by atoms with Crippen LogP contribution in [0.4, 0.5) is 18.9 Å². The Morgan fingerprint density at radius 2 is 1.90 bits per heavy atom. The molecule has 0 aliphatic carbocycles. The number of halogens is 3. The van der Waals surface area contributed by atoms with Crippen molar-refractivity contribution in [2.24, 2.45) is 0 Å². The molecule has 0 N–H and O–H groups in total. The van der Waals surface area contributed by atoms with Crippen LogP contribution in [0.5, 0.6) is 0 Å². The lowest BCUT2D eigenvalue weighted by Crippen LogP contribution is -2.61. The molecule has 21 heavy (non-hydrogen) atoms. The van der Waals surface area contributed by atoms with Crippen molar-refractivity contribution in [3.8, 4) is 0 Å². The van der Waals surface area contributed by atoms with Gasteiger partial charge in [-0.25, -0.2) is 4.79 Å². The number of rotatable bonds is 1. The van der Waals surface area contributed by atoms with Crippen molar-refractivity contribution < 1.29 is 27.5 Å². The molecule has 0 fully saturated rings. The van der Waals surface area contributed by atoms with E-state index >= 15 is 0 Å². The lowest BCUT2D eigenvalue weighted by Gasteiger charge is -2.43. The number of esters is 1. The Kier molecular flexibility index (Phi) is 3.69. The molecule has 1 unspecified atom stereocenters. The minimum absolute atomic E-state index is 0.0680. The second-order valence-corrected chi connectivity index (χ2v) is 5.03. The summed E-state index contributed by atoms with van der Waals surface area (Å²) in [4.78, 5) is 24.3. The van der Waals surface area contributed by atoms with Crippen LogP contribution in [0.3, 0.4) is 0 Å². The van der Waals surface area contributed by atoms with Crippen molar-refractivity contribution in [3.63, 3.8) is 0 Å². The number of aryl methyl sites for hydroxylation is 1. The van der Waals surface area contributed by atoms with Crippen molar-refractivity contribution >= 4 is 17.6 Å². The van der Waals surface area contributed by atoms with Gasteiger partial charge in [-0.2, -0.15) is 13.2 Å². The van der Waals surface area contributed by atoms with Crippen molar-refractivity contribution in [1.29, 1.82) is 0 Å². The van der Waals surface area contributed by atoms with Crippen LogP contribution in [0.1, 0.15) is 18.9 Å². The Labute approximate surface area is 119 Å². The normalized spacial score (nSPS) is 21.7. The monoisotopic (exact) mass is 301 g/mol. The van der Waals surface area contributed by atoms with Crippen LogP contribution in [0.15, 0.2) is 24.3 Å². The lowest BCUT2D eigenvalue weighted by atomic mass is 9.85. The van der Waals surface area contributed by atoms with E-state index in [1.165, 1.54) is 19.1 Å². The molecule has 0 radical (unpaired) electrons. The summed E-state index contributed by atoms with van der Waals surface area (Å²) < 4.78 is 43.3. The predicted octanol–water partition coefficient (Wildman–Crippen LogP) is 2.46. The van der Waals surface area contributed by atoms with Gasteiger partial charge in [0.1, 0.15) is 5.54 Å². The number of hydrogen-bond donors (Lipinski definition) is 0.